The summed E-state index contributed by atoms with van der Waals surface area (Å²) in [6.07, 6.45) is -2.29. The van der Waals surface area contributed by atoms with Crippen molar-refractivity contribution in [2.75, 3.05) is 29.9 Å². The van der Waals surface area contributed by atoms with E-state index >= 15 is 0 Å². The van der Waals surface area contributed by atoms with Crippen molar-refractivity contribution in [3.05, 3.63) is 59.2 Å². The van der Waals surface area contributed by atoms with Crippen LogP contribution >= 0.6 is 0 Å². The first-order chi connectivity index (χ1) is 14.2. The van der Waals surface area contributed by atoms with Crippen LogP contribution in [0.3, 0.4) is 0 Å². The quantitative estimate of drug-likeness (QED) is 0.714. The van der Waals surface area contributed by atoms with E-state index in [1.807, 2.05) is 0 Å². The van der Waals surface area contributed by atoms with Gasteiger partial charge in [0.05, 0.1) is 18.0 Å². The van der Waals surface area contributed by atoms with E-state index in [2.05, 4.69) is 15.0 Å². The lowest BCUT2D eigenvalue weighted by Crippen LogP contribution is -2.22. The number of nitrogens with zero attached hydrogens (tertiary/aromatic N) is 1. The van der Waals surface area contributed by atoms with Crippen LogP contribution in [0.15, 0.2) is 42.5 Å². The average molecular weight is 421 g/mol. The van der Waals surface area contributed by atoms with Gasteiger partial charge in [-0.25, -0.2) is 0 Å². The molecule has 1 saturated heterocycles. The minimum Gasteiger partial charge on any atom is -0.370 e. The van der Waals surface area contributed by atoms with Crippen molar-refractivity contribution < 1.29 is 27.5 Å². The van der Waals surface area contributed by atoms with Crippen LogP contribution in [0.25, 0.3) is 0 Å². The van der Waals surface area contributed by atoms with Crippen LogP contribution < -0.4 is 16.0 Å². The summed E-state index contributed by atoms with van der Waals surface area (Å²) < 4.78 is 41.1. The van der Waals surface area contributed by atoms with Crippen molar-refractivity contribution >= 4 is 23.2 Å². The number of ether oxygens (including phenoxy) is 1. The van der Waals surface area contributed by atoms with Gasteiger partial charge in [0, 0.05) is 24.2 Å². The largest absolute Gasteiger partial charge is 0.411 e. The third-order valence-electron chi connectivity index (χ3n) is 4.73. The number of alkyl halides is 3. The third kappa shape index (κ3) is 5.73. The number of nitrogens with two attached hydrogens (primary N) is 1. The summed E-state index contributed by atoms with van der Waals surface area (Å²) in [5.74, 6) is -0.999. The number of benzene rings is 2. The van der Waals surface area contributed by atoms with Gasteiger partial charge in [0.15, 0.2) is 0 Å². The van der Waals surface area contributed by atoms with Crippen molar-refractivity contribution in [1.29, 1.82) is 0 Å². The van der Waals surface area contributed by atoms with Gasteiger partial charge in [-0.2, -0.15) is 13.2 Å². The first-order valence-corrected chi connectivity index (χ1v) is 9.46. The van der Waals surface area contributed by atoms with Crippen molar-refractivity contribution in [3.63, 3.8) is 0 Å². The number of carbonyl (C=O) groups is 2. The number of halogens is 3. The minimum absolute atomic E-state index is 0.207. The van der Waals surface area contributed by atoms with Crippen LogP contribution in [0.4, 0.5) is 24.5 Å². The Morgan fingerprint density at radius 3 is 2.27 bits per heavy atom. The fourth-order valence-electron chi connectivity index (χ4n) is 3.25. The number of amides is 2. The highest BCUT2D eigenvalue weighted by Crippen LogP contribution is 2.30. The molecule has 0 unspecified atom stereocenters. The zero-order valence-electron chi connectivity index (χ0n) is 16.2. The highest BCUT2D eigenvalue weighted by Gasteiger charge is 2.27. The number of primary amides is 1. The van der Waals surface area contributed by atoms with Gasteiger partial charge in [-0.1, -0.05) is 12.1 Å². The van der Waals surface area contributed by atoms with E-state index in [0.29, 0.717) is 16.8 Å². The Labute approximate surface area is 171 Å². The smallest absolute Gasteiger partial charge is 0.370 e. The molecule has 0 spiro atoms. The molecule has 6 nitrogen and oxygen atoms in total. The van der Waals surface area contributed by atoms with Crippen molar-refractivity contribution in [3.8, 4) is 0 Å². The lowest BCUT2D eigenvalue weighted by Gasteiger charge is -2.22. The molecular formula is C21H22F3N3O3. The zero-order chi connectivity index (χ0) is 21.7. The van der Waals surface area contributed by atoms with Gasteiger partial charge in [0.2, 0.25) is 5.91 Å². The monoisotopic (exact) mass is 421 g/mol. The highest BCUT2D eigenvalue weighted by atomic mass is 19.4. The molecule has 9 heteroatoms. The molecule has 1 aliphatic heterocycles. The van der Waals surface area contributed by atoms with Crippen LogP contribution in [-0.4, -0.2) is 37.7 Å². The van der Waals surface area contributed by atoms with Crippen LogP contribution in [0.2, 0.25) is 0 Å². The Morgan fingerprint density at radius 1 is 1.03 bits per heavy atom. The molecule has 0 saturated carbocycles. The molecular weight excluding hydrogens is 399 g/mol. The minimum atomic E-state index is -4.38. The van der Waals surface area contributed by atoms with Crippen molar-refractivity contribution in [2.45, 2.75) is 25.6 Å². The topological polar surface area (TPSA) is 84.7 Å². The third-order valence-corrected chi connectivity index (χ3v) is 4.73. The predicted octanol–water partition coefficient (Wildman–Crippen LogP) is 3.72. The molecule has 0 aromatic heterocycles. The summed E-state index contributed by atoms with van der Waals surface area (Å²) in [6, 6.07) is 11.0. The summed E-state index contributed by atoms with van der Waals surface area (Å²) in [4.78, 5) is 26.4. The van der Waals surface area contributed by atoms with E-state index in [0.717, 1.165) is 31.6 Å². The summed E-state index contributed by atoms with van der Waals surface area (Å²) in [5.41, 5.74) is 7.78. The number of hydrogen-bond acceptors (Lipinski definition) is 4. The van der Waals surface area contributed by atoms with E-state index in [-0.39, 0.29) is 12.2 Å². The number of hydrogen-bond donors (Lipinski definition) is 2. The molecule has 3 rings (SSSR count). The second-order valence-electron chi connectivity index (χ2n) is 7.05. The SMILES string of the molecule is NC(=O)c1ccc(N2CCCC2)c(NC(=O)c2ccc(COCC(F)(F)F)cc2)c1. The van der Waals surface area contributed by atoms with Gasteiger partial charge < -0.3 is 20.7 Å². The Hall–Kier alpha value is -3.07. The lowest BCUT2D eigenvalue weighted by atomic mass is 10.1. The molecule has 1 fully saturated rings. The second-order valence-corrected chi connectivity index (χ2v) is 7.05. The summed E-state index contributed by atoms with van der Waals surface area (Å²) >= 11 is 0. The summed E-state index contributed by atoms with van der Waals surface area (Å²) in [7, 11) is 0. The molecule has 160 valence electrons. The number of anilines is 2. The molecule has 0 radical (unpaired) electrons. The maximum Gasteiger partial charge on any atom is 0.411 e. The number of nitrogens with one attached hydrogen (secondary N) is 1. The molecule has 0 atom stereocenters. The molecule has 2 aromatic rings. The van der Waals surface area contributed by atoms with E-state index in [9.17, 15) is 22.8 Å². The van der Waals surface area contributed by atoms with E-state index < -0.39 is 24.6 Å². The number of carbonyl (C=O) groups excluding carboxylic acids is 2. The molecule has 1 heterocycles. The molecule has 2 aromatic carbocycles. The fourth-order valence-corrected chi connectivity index (χ4v) is 3.25. The Bertz CT molecular complexity index is 908. The van der Waals surface area contributed by atoms with Crippen LogP contribution in [0, 0.1) is 0 Å². The predicted molar refractivity (Wildman–Crippen MR) is 107 cm³/mol. The maximum atomic E-state index is 12.7. The van der Waals surface area contributed by atoms with Gasteiger partial charge >= 0.3 is 6.18 Å². The molecule has 0 bridgehead atoms. The van der Waals surface area contributed by atoms with E-state index in [4.69, 9.17) is 5.73 Å². The van der Waals surface area contributed by atoms with Crippen LogP contribution in [0.5, 0.6) is 0 Å². The Morgan fingerprint density at radius 2 is 1.67 bits per heavy atom. The molecule has 3 N–H and O–H groups in total. The normalized spacial score (nSPS) is 14.0. The van der Waals surface area contributed by atoms with Crippen LogP contribution in [-0.2, 0) is 11.3 Å². The maximum absolute atomic E-state index is 12.7. The summed E-state index contributed by atoms with van der Waals surface area (Å²) in [5, 5.41) is 2.81. The zero-order valence-corrected chi connectivity index (χ0v) is 16.2. The van der Waals surface area contributed by atoms with E-state index in [1.165, 1.54) is 24.3 Å². The van der Waals surface area contributed by atoms with Gasteiger partial charge in [-0.3, -0.25) is 9.59 Å². The van der Waals surface area contributed by atoms with Gasteiger partial charge in [-0.05, 0) is 48.7 Å². The van der Waals surface area contributed by atoms with E-state index in [1.54, 1.807) is 18.2 Å². The van der Waals surface area contributed by atoms with Gasteiger partial charge in [-0.15, -0.1) is 0 Å². The average Bonchev–Trinajstić information content (AvgIpc) is 3.22. The Kier molecular flexibility index (Phi) is 6.61. The Balaban J connectivity index is 1.71. The number of rotatable bonds is 7. The van der Waals surface area contributed by atoms with Crippen LogP contribution in [0.1, 0.15) is 39.1 Å². The van der Waals surface area contributed by atoms with Crippen molar-refractivity contribution in [1.82, 2.24) is 0 Å². The lowest BCUT2D eigenvalue weighted by molar-refractivity contribution is -0.176. The summed E-state index contributed by atoms with van der Waals surface area (Å²) in [6.45, 7) is 0.169. The molecule has 30 heavy (non-hydrogen) atoms. The molecule has 0 aliphatic carbocycles. The first kappa shape index (κ1) is 21.6. The molecule has 2 amide bonds. The first-order valence-electron chi connectivity index (χ1n) is 9.46. The van der Waals surface area contributed by atoms with Crippen molar-refractivity contribution in [2.24, 2.45) is 5.73 Å². The van der Waals surface area contributed by atoms with Gasteiger partial charge in [0.1, 0.15) is 6.61 Å². The molecule has 1 aliphatic rings. The standard InChI is InChI=1S/C21H22F3N3O3/c22-21(23,24)13-30-12-14-3-5-15(6-4-14)20(29)26-17-11-16(19(25)28)7-8-18(17)27-9-1-2-10-27/h3-8,11H,1-2,9-10,12-13H2,(H2,25,28)(H,26,29). The fraction of sp³-hybridized carbons (Fsp3) is 0.333. The second kappa shape index (κ2) is 9.17. The van der Waals surface area contributed by atoms with Gasteiger partial charge in [0.25, 0.3) is 5.91 Å². The highest BCUT2D eigenvalue weighted by molar-refractivity contribution is 6.07.